The van der Waals surface area contributed by atoms with Crippen LogP contribution in [0, 0.1) is 5.82 Å². The van der Waals surface area contributed by atoms with Crippen molar-refractivity contribution in [3.8, 4) is 5.69 Å². The molecule has 40 heavy (non-hydrogen) atoms. The molecule has 0 saturated heterocycles. The number of halogens is 1. The first-order chi connectivity index (χ1) is 19.2. The molecule has 0 unspecified atom stereocenters. The predicted molar refractivity (Wildman–Crippen MR) is 150 cm³/mol. The van der Waals surface area contributed by atoms with Crippen LogP contribution in [0.5, 0.6) is 0 Å². The Morgan fingerprint density at radius 1 is 1.18 bits per heavy atom. The summed E-state index contributed by atoms with van der Waals surface area (Å²) in [5, 5.41) is 13.7. The van der Waals surface area contributed by atoms with Crippen molar-refractivity contribution < 1.29 is 19.1 Å². The number of nitrogens with two attached hydrogens (primary N) is 1. The number of carboxylic acids is 1. The third-order valence-corrected chi connectivity index (χ3v) is 6.86. The molecule has 1 aliphatic rings. The van der Waals surface area contributed by atoms with E-state index < -0.39 is 17.4 Å². The van der Waals surface area contributed by atoms with Gasteiger partial charge in [0.1, 0.15) is 11.6 Å². The van der Waals surface area contributed by atoms with Crippen molar-refractivity contribution in [3.63, 3.8) is 0 Å². The molecule has 2 aromatic heterocycles. The summed E-state index contributed by atoms with van der Waals surface area (Å²) in [4.78, 5) is 39.4. The number of fused-ring (bicyclic) bond motifs is 1. The van der Waals surface area contributed by atoms with Gasteiger partial charge in [0.25, 0.3) is 5.56 Å². The van der Waals surface area contributed by atoms with Crippen molar-refractivity contribution in [2.75, 3.05) is 0 Å². The number of nitrogens with zero attached hydrogens (tertiary/aromatic N) is 4. The zero-order chi connectivity index (χ0) is 28.3. The summed E-state index contributed by atoms with van der Waals surface area (Å²) in [6.45, 7) is 1.86. The Morgan fingerprint density at radius 3 is 2.70 bits per heavy atom. The minimum absolute atomic E-state index is 0.0228. The highest BCUT2D eigenvalue weighted by Gasteiger charge is 2.37. The van der Waals surface area contributed by atoms with Gasteiger partial charge in [-0.1, -0.05) is 17.3 Å². The molecule has 1 aliphatic heterocycles. The minimum atomic E-state index is -0.880. The molecule has 0 radical (unpaired) electrons. The maximum atomic E-state index is 13.6. The number of oxime groups is 1. The van der Waals surface area contributed by atoms with Crippen LogP contribution in [0.25, 0.3) is 22.7 Å². The van der Waals surface area contributed by atoms with Crippen LogP contribution in [0.3, 0.4) is 0 Å². The monoisotopic (exact) mass is 541 g/mol. The standard InChI is InChI=1S/C30H28FN5O4/c1-30(26(32)17-21-6-4-5-15-33-21)18-25(35-40-30)19-9-14-23-24(16-19)34-27(7-2-3-8-28(37)38)36(29(23)39)22-12-10-20(31)11-13-22/h4-6,9-17H,2-3,7-8,18,32H2,1H3,(H,37,38)/t30-/m1/s1. The maximum Gasteiger partial charge on any atom is 0.303 e. The lowest BCUT2D eigenvalue weighted by Gasteiger charge is -2.22. The van der Waals surface area contributed by atoms with Gasteiger partial charge in [0.05, 0.1) is 33.7 Å². The minimum Gasteiger partial charge on any atom is -0.481 e. The number of rotatable bonds is 9. The van der Waals surface area contributed by atoms with Crippen LogP contribution in [-0.4, -0.2) is 36.9 Å². The Hall–Kier alpha value is -4.86. The summed E-state index contributed by atoms with van der Waals surface area (Å²) < 4.78 is 15.0. The van der Waals surface area contributed by atoms with Crippen molar-refractivity contribution in [2.45, 2.75) is 44.6 Å². The summed E-state index contributed by atoms with van der Waals surface area (Å²) in [6.07, 6.45) is 5.20. The lowest BCUT2D eigenvalue weighted by atomic mass is 9.92. The summed E-state index contributed by atoms with van der Waals surface area (Å²) in [5.74, 6) is -0.835. The highest BCUT2D eigenvalue weighted by molar-refractivity contribution is 6.04. The smallest absolute Gasteiger partial charge is 0.303 e. The number of benzene rings is 2. The van der Waals surface area contributed by atoms with Gasteiger partial charge < -0.3 is 15.7 Å². The molecule has 4 aromatic rings. The van der Waals surface area contributed by atoms with E-state index in [-0.39, 0.29) is 12.0 Å². The highest BCUT2D eigenvalue weighted by atomic mass is 19.1. The molecule has 2 aromatic carbocycles. The number of aryl methyl sites for hydroxylation is 1. The van der Waals surface area contributed by atoms with E-state index in [1.165, 1.54) is 28.8 Å². The van der Waals surface area contributed by atoms with Gasteiger partial charge in [0, 0.05) is 31.0 Å². The van der Waals surface area contributed by atoms with Crippen LogP contribution < -0.4 is 11.3 Å². The Labute approximate surface area is 229 Å². The van der Waals surface area contributed by atoms with Crippen molar-refractivity contribution in [2.24, 2.45) is 10.9 Å². The molecule has 0 saturated carbocycles. The second-order valence-electron chi connectivity index (χ2n) is 9.87. The molecule has 0 amide bonds. The Balaban J connectivity index is 1.48. The zero-order valence-electron chi connectivity index (χ0n) is 21.9. The quantitative estimate of drug-likeness (QED) is 0.296. The highest BCUT2D eigenvalue weighted by Crippen LogP contribution is 2.32. The van der Waals surface area contributed by atoms with E-state index in [0.29, 0.717) is 65.2 Å². The molecule has 3 heterocycles. The van der Waals surface area contributed by atoms with Gasteiger partial charge >= 0.3 is 5.97 Å². The Bertz CT molecular complexity index is 1680. The fourth-order valence-corrected chi connectivity index (χ4v) is 4.62. The van der Waals surface area contributed by atoms with E-state index in [9.17, 15) is 14.0 Å². The summed E-state index contributed by atoms with van der Waals surface area (Å²) >= 11 is 0. The molecule has 204 valence electrons. The normalized spacial score (nSPS) is 17.1. The lowest BCUT2D eigenvalue weighted by Crippen LogP contribution is -2.32. The molecular formula is C30H28FN5O4. The largest absolute Gasteiger partial charge is 0.481 e. The van der Waals surface area contributed by atoms with E-state index >= 15 is 0 Å². The first-order valence-corrected chi connectivity index (χ1v) is 12.9. The van der Waals surface area contributed by atoms with E-state index in [0.717, 1.165) is 5.56 Å². The van der Waals surface area contributed by atoms with Crippen LogP contribution in [0.2, 0.25) is 0 Å². The number of unbranched alkanes of at least 4 members (excludes halogenated alkanes) is 1. The number of carbonyl (C=O) groups is 1. The number of hydrogen-bond acceptors (Lipinski definition) is 7. The van der Waals surface area contributed by atoms with E-state index in [2.05, 4.69) is 10.1 Å². The van der Waals surface area contributed by atoms with Crippen LogP contribution in [0.4, 0.5) is 4.39 Å². The van der Waals surface area contributed by atoms with Gasteiger partial charge in [-0.25, -0.2) is 9.37 Å². The second kappa shape index (κ2) is 11.1. The average molecular weight is 542 g/mol. The third kappa shape index (κ3) is 5.61. The van der Waals surface area contributed by atoms with E-state index in [1.807, 2.05) is 25.1 Å². The molecule has 1 atom stereocenters. The molecule has 0 spiro atoms. The molecule has 0 bridgehead atoms. The van der Waals surface area contributed by atoms with Crippen LogP contribution >= 0.6 is 0 Å². The van der Waals surface area contributed by atoms with Gasteiger partial charge in [-0.15, -0.1) is 0 Å². The van der Waals surface area contributed by atoms with Gasteiger partial charge in [0.2, 0.25) is 0 Å². The molecule has 0 aliphatic carbocycles. The van der Waals surface area contributed by atoms with Crippen molar-refractivity contribution in [1.82, 2.24) is 14.5 Å². The Kier molecular flexibility index (Phi) is 7.41. The van der Waals surface area contributed by atoms with Crippen molar-refractivity contribution in [1.29, 1.82) is 0 Å². The zero-order valence-corrected chi connectivity index (χ0v) is 21.9. The molecule has 0 fully saturated rings. The fourth-order valence-electron chi connectivity index (χ4n) is 4.62. The first-order valence-electron chi connectivity index (χ1n) is 12.9. The van der Waals surface area contributed by atoms with Crippen molar-refractivity contribution in [3.05, 3.63) is 106 Å². The number of aromatic nitrogens is 3. The number of aliphatic carboxylic acids is 1. The molecular weight excluding hydrogens is 513 g/mol. The van der Waals surface area contributed by atoms with Crippen LogP contribution in [0.15, 0.2) is 82.5 Å². The average Bonchev–Trinajstić information content (AvgIpc) is 3.35. The SMILES string of the molecule is C[C@]1(C(N)=Cc2ccccn2)CC(c2ccc3c(=O)n(-c4ccc(F)cc4)c(CCCCC(=O)O)nc3c2)=NO1. The van der Waals surface area contributed by atoms with Crippen molar-refractivity contribution >= 4 is 28.7 Å². The molecule has 9 nitrogen and oxygen atoms in total. The molecule has 3 N–H and O–H groups in total. The fraction of sp³-hybridized carbons (Fsp3) is 0.233. The first kappa shape index (κ1) is 26.7. The number of hydrogen-bond donors (Lipinski definition) is 2. The molecule has 10 heteroatoms. The lowest BCUT2D eigenvalue weighted by molar-refractivity contribution is -0.137. The van der Waals surface area contributed by atoms with Gasteiger partial charge in [-0.3, -0.25) is 19.1 Å². The Morgan fingerprint density at radius 2 is 1.98 bits per heavy atom. The summed E-state index contributed by atoms with van der Waals surface area (Å²) in [7, 11) is 0. The second-order valence-corrected chi connectivity index (χ2v) is 9.87. The maximum absolute atomic E-state index is 13.6. The van der Waals surface area contributed by atoms with Gasteiger partial charge in [0.15, 0.2) is 5.60 Å². The van der Waals surface area contributed by atoms with Gasteiger partial charge in [-0.05, 0) is 74.4 Å². The summed E-state index contributed by atoms with van der Waals surface area (Å²) in [5.41, 5.74) is 8.77. The number of carboxylic acid groups (broad SMARTS) is 1. The predicted octanol–water partition coefficient (Wildman–Crippen LogP) is 4.60. The number of pyridine rings is 1. The van der Waals surface area contributed by atoms with E-state index in [4.69, 9.17) is 20.7 Å². The van der Waals surface area contributed by atoms with Gasteiger partial charge in [-0.2, -0.15) is 0 Å². The molecule has 5 rings (SSSR count). The topological polar surface area (TPSA) is 133 Å². The third-order valence-electron chi connectivity index (χ3n) is 6.86. The summed E-state index contributed by atoms with van der Waals surface area (Å²) in [6, 6.07) is 16.4. The van der Waals surface area contributed by atoms with Crippen LogP contribution in [0.1, 0.15) is 49.7 Å². The van der Waals surface area contributed by atoms with E-state index in [1.54, 1.807) is 30.5 Å². The van der Waals surface area contributed by atoms with Crippen LogP contribution in [-0.2, 0) is 16.1 Å².